The monoisotopic (exact) mass is 327 g/mol. The van der Waals surface area contributed by atoms with Crippen LogP contribution in [0.3, 0.4) is 0 Å². The zero-order chi connectivity index (χ0) is 15.9. The molecule has 3 unspecified atom stereocenters. The quantitative estimate of drug-likeness (QED) is 0.692. The highest BCUT2D eigenvalue weighted by atomic mass is 32.2. The van der Waals surface area contributed by atoms with Crippen molar-refractivity contribution in [2.24, 2.45) is 10.9 Å². The van der Waals surface area contributed by atoms with Crippen molar-refractivity contribution in [3.05, 3.63) is 29.6 Å². The van der Waals surface area contributed by atoms with Crippen molar-refractivity contribution in [3.63, 3.8) is 0 Å². The summed E-state index contributed by atoms with van der Waals surface area (Å²) in [5.74, 6) is -0.213. The Morgan fingerprint density at radius 3 is 3.05 bits per heavy atom. The SMILES string of the molecule is Nc1ccc(F)c(C23CC(F)CC2CSC(NC(=O)O)=N3)c1. The molecule has 0 radical (unpaired) electrons. The van der Waals surface area contributed by atoms with Gasteiger partial charge in [-0.15, -0.1) is 0 Å². The molecule has 0 bridgehead atoms. The topological polar surface area (TPSA) is 87.7 Å². The molecule has 8 heteroatoms. The van der Waals surface area contributed by atoms with Crippen molar-refractivity contribution in [2.45, 2.75) is 24.6 Å². The Bertz CT molecular complexity index is 655. The second-order valence-corrected chi connectivity index (χ2v) is 6.56. The first-order valence-corrected chi connectivity index (χ1v) is 7.81. The molecule has 4 N–H and O–H groups in total. The fourth-order valence-electron chi connectivity index (χ4n) is 3.25. The van der Waals surface area contributed by atoms with Crippen LogP contribution in [-0.4, -0.2) is 28.3 Å². The van der Waals surface area contributed by atoms with Gasteiger partial charge in [0.15, 0.2) is 5.17 Å². The number of alkyl halides is 1. The number of carboxylic acid groups (broad SMARTS) is 1. The maximum atomic E-state index is 14.3. The lowest BCUT2D eigenvalue weighted by atomic mass is 9.81. The first kappa shape index (κ1) is 15.1. The van der Waals surface area contributed by atoms with Gasteiger partial charge < -0.3 is 10.8 Å². The number of nitrogens with two attached hydrogens (primary N) is 1. The molecule has 1 amide bonds. The number of carbonyl (C=O) groups is 1. The van der Waals surface area contributed by atoms with Crippen molar-refractivity contribution >= 4 is 28.7 Å². The third kappa shape index (κ3) is 2.51. The van der Waals surface area contributed by atoms with Crippen LogP contribution in [0.15, 0.2) is 23.2 Å². The number of amides is 1. The molecule has 1 fully saturated rings. The highest BCUT2D eigenvalue weighted by Crippen LogP contribution is 2.52. The van der Waals surface area contributed by atoms with E-state index in [1.165, 1.54) is 30.0 Å². The summed E-state index contributed by atoms with van der Waals surface area (Å²) < 4.78 is 28.3. The van der Waals surface area contributed by atoms with Gasteiger partial charge in [-0.1, -0.05) is 11.8 Å². The maximum Gasteiger partial charge on any atom is 0.410 e. The van der Waals surface area contributed by atoms with Crippen LogP contribution in [0.5, 0.6) is 0 Å². The van der Waals surface area contributed by atoms with Crippen molar-refractivity contribution in [2.75, 3.05) is 11.5 Å². The summed E-state index contributed by atoms with van der Waals surface area (Å²) in [6, 6.07) is 4.14. The lowest BCUT2D eigenvalue weighted by Crippen LogP contribution is -2.40. The Hall–Kier alpha value is -1.83. The first-order chi connectivity index (χ1) is 10.4. The molecular weight excluding hydrogens is 312 g/mol. The Kier molecular flexibility index (Phi) is 3.72. The molecule has 0 saturated heterocycles. The number of anilines is 1. The van der Waals surface area contributed by atoms with E-state index in [1.54, 1.807) is 0 Å². The summed E-state index contributed by atoms with van der Waals surface area (Å²) >= 11 is 1.21. The van der Waals surface area contributed by atoms with Gasteiger partial charge in [-0.3, -0.25) is 10.3 Å². The predicted octanol–water partition coefficient (Wildman–Crippen LogP) is 2.72. The van der Waals surface area contributed by atoms with Crippen molar-refractivity contribution in [1.82, 2.24) is 5.32 Å². The van der Waals surface area contributed by atoms with Gasteiger partial charge >= 0.3 is 6.09 Å². The molecular formula is C14H15F2N3O2S. The number of thioether (sulfide) groups is 1. The van der Waals surface area contributed by atoms with Gasteiger partial charge in [0.2, 0.25) is 0 Å². The summed E-state index contributed by atoms with van der Waals surface area (Å²) in [5, 5.41) is 11.2. The second kappa shape index (κ2) is 5.42. The number of hydrogen-bond acceptors (Lipinski definition) is 4. The number of nitrogens with one attached hydrogen (secondary N) is 1. The van der Waals surface area contributed by atoms with Gasteiger partial charge in [-0.25, -0.2) is 13.6 Å². The Balaban J connectivity index is 2.11. The molecule has 3 rings (SSSR count). The van der Waals surface area contributed by atoms with E-state index in [0.29, 0.717) is 11.4 Å². The van der Waals surface area contributed by atoms with E-state index in [2.05, 4.69) is 10.3 Å². The lowest BCUT2D eigenvalue weighted by Gasteiger charge is -2.36. The van der Waals surface area contributed by atoms with Gasteiger partial charge in [-0.2, -0.15) is 0 Å². The summed E-state index contributed by atoms with van der Waals surface area (Å²) in [5.41, 5.74) is 5.25. The van der Waals surface area contributed by atoms with Gasteiger partial charge in [0.25, 0.3) is 0 Å². The molecule has 3 atom stereocenters. The molecule has 5 nitrogen and oxygen atoms in total. The lowest BCUT2D eigenvalue weighted by molar-refractivity contribution is 0.200. The van der Waals surface area contributed by atoms with Crippen LogP contribution < -0.4 is 11.1 Å². The van der Waals surface area contributed by atoms with Crippen LogP contribution in [0.4, 0.5) is 19.3 Å². The van der Waals surface area contributed by atoms with Crippen LogP contribution in [0.25, 0.3) is 0 Å². The van der Waals surface area contributed by atoms with E-state index in [-0.39, 0.29) is 29.5 Å². The molecule has 1 aliphatic heterocycles. The number of benzene rings is 1. The van der Waals surface area contributed by atoms with Crippen LogP contribution in [0, 0.1) is 11.7 Å². The largest absolute Gasteiger partial charge is 0.465 e. The zero-order valence-electron chi connectivity index (χ0n) is 11.6. The first-order valence-electron chi connectivity index (χ1n) is 6.83. The standard InChI is InChI=1S/C14H15F2N3O2S/c15-8-3-7-6-22-12(18-13(20)21)19-14(7,5-8)10-4-9(17)1-2-11(10)16/h1-2,4,7-8H,3,5-6,17H2,(H,18,19)(H,20,21). The summed E-state index contributed by atoms with van der Waals surface area (Å²) in [6.45, 7) is 0. The van der Waals surface area contributed by atoms with Crippen LogP contribution >= 0.6 is 11.8 Å². The third-order valence-electron chi connectivity index (χ3n) is 4.14. The highest BCUT2D eigenvalue weighted by molar-refractivity contribution is 8.13. The molecule has 2 aliphatic rings. The van der Waals surface area contributed by atoms with Crippen LogP contribution in [-0.2, 0) is 5.54 Å². The molecule has 1 heterocycles. The van der Waals surface area contributed by atoms with E-state index in [9.17, 15) is 13.6 Å². The Morgan fingerprint density at radius 1 is 1.55 bits per heavy atom. The minimum absolute atomic E-state index is 0.0311. The maximum absolute atomic E-state index is 14.3. The summed E-state index contributed by atoms with van der Waals surface area (Å²) in [4.78, 5) is 15.2. The summed E-state index contributed by atoms with van der Waals surface area (Å²) in [7, 11) is 0. The third-order valence-corrected chi connectivity index (χ3v) is 5.18. The minimum atomic E-state index is -1.25. The normalized spacial score (nSPS) is 30.5. The Morgan fingerprint density at radius 2 is 2.32 bits per heavy atom. The molecule has 22 heavy (non-hydrogen) atoms. The van der Waals surface area contributed by atoms with E-state index in [1.807, 2.05) is 0 Å². The smallest absolute Gasteiger partial charge is 0.410 e. The highest BCUT2D eigenvalue weighted by Gasteiger charge is 2.52. The van der Waals surface area contributed by atoms with E-state index in [4.69, 9.17) is 10.8 Å². The predicted molar refractivity (Wildman–Crippen MR) is 81.2 cm³/mol. The Labute approximate surface area is 130 Å². The van der Waals surface area contributed by atoms with Crippen LogP contribution in [0.1, 0.15) is 18.4 Å². The number of amidine groups is 1. The number of halogens is 2. The molecule has 1 aliphatic carbocycles. The number of rotatable bonds is 1. The van der Waals surface area contributed by atoms with Gasteiger partial charge in [0.05, 0.1) is 5.54 Å². The minimum Gasteiger partial charge on any atom is -0.465 e. The number of nitrogens with zero attached hydrogens (tertiary/aromatic N) is 1. The van der Waals surface area contributed by atoms with Crippen molar-refractivity contribution < 1.29 is 18.7 Å². The van der Waals surface area contributed by atoms with E-state index in [0.717, 1.165) is 0 Å². The van der Waals surface area contributed by atoms with Gasteiger partial charge in [0.1, 0.15) is 12.0 Å². The molecule has 1 aromatic carbocycles. The van der Waals surface area contributed by atoms with Crippen molar-refractivity contribution in [1.29, 1.82) is 0 Å². The zero-order valence-corrected chi connectivity index (χ0v) is 12.4. The van der Waals surface area contributed by atoms with Gasteiger partial charge in [0, 0.05) is 29.3 Å². The molecule has 1 aromatic rings. The van der Waals surface area contributed by atoms with Crippen molar-refractivity contribution in [3.8, 4) is 0 Å². The fraction of sp³-hybridized carbons (Fsp3) is 0.429. The molecule has 0 spiro atoms. The fourth-order valence-corrected chi connectivity index (χ4v) is 4.41. The second-order valence-electron chi connectivity index (χ2n) is 5.56. The number of aliphatic imine (C=N–C) groups is 1. The number of fused-ring (bicyclic) bond motifs is 1. The van der Waals surface area contributed by atoms with E-state index < -0.39 is 23.6 Å². The molecule has 1 saturated carbocycles. The number of nitrogen functional groups attached to an aromatic ring is 1. The average molecular weight is 327 g/mol. The molecule has 0 aromatic heterocycles. The number of hydrogen-bond donors (Lipinski definition) is 3. The summed E-state index contributed by atoms with van der Waals surface area (Å²) in [6.07, 6.45) is -2.03. The average Bonchev–Trinajstić information content (AvgIpc) is 2.77. The van der Waals surface area contributed by atoms with Crippen LogP contribution in [0.2, 0.25) is 0 Å². The van der Waals surface area contributed by atoms with Gasteiger partial charge in [-0.05, 0) is 24.6 Å². The van der Waals surface area contributed by atoms with E-state index >= 15 is 0 Å². The molecule has 118 valence electrons.